The van der Waals surface area contributed by atoms with Crippen molar-refractivity contribution < 1.29 is 4.42 Å². The maximum absolute atomic E-state index is 5.90. The fraction of sp³-hybridized carbons (Fsp3) is 0.350. The summed E-state index contributed by atoms with van der Waals surface area (Å²) in [5.41, 5.74) is 4.15. The van der Waals surface area contributed by atoms with E-state index in [-0.39, 0.29) is 0 Å². The Morgan fingerprint density at radius 1 is 1.13 bits per heavy atom. The highest BCUT2D eigenvalue weighted by Gasteiger charge is 2.18. The Kier molecular flexibility index (Phi) is 3.88. The molecule has 0 radical (unpaired) electrons. The zero-order valence-electron chi connectivity index (χ0n) is 13.5. The van der Waals surface area contributed by atoms with E-state index < -0.39 is 0 Å². The van der Waals surface area contributed by atoms with Gasteiger partial charge < -0.3 is 4.42 Å². The lowest BCUT2D eigenvalue weighted by Crippen LogP contribution is -2.36. The summed E-state index contributed by atoms with van der Waals surface area (Å²) in [6.45, 7) is 4.54. The van der Waals surface area contributed by atoms with Gasteiger partial charge >= 0.3 is 0 Å². The molecule has 1 unspecified atom stereocenters. The second kappa shape index (κ2) is 6.17. The molecule has 1 aromatic heterocycles. The predicted octanol–water partition coefficient (Wildman–Crippen LogP) is 4.87. The largest absolute Gasteiger partial charge is 0.436 e. The number of hydrogen-bond donors (Lipinski definition) is 0. The summed E-state index contributed by atoms with van der Waals surface area (Å²) in [6.07, 6.45) is 3.99. The Balaban J connectivity index is 1.60. The van der Waals surface area contributed by atoms with Crippen molar-refractivity contribution >= 4 is 11.1 Å². The molecule has 1 atom stereocenters. The van der Waals surface area contributed by atoms with Crippen molar-refractivity contribution in [2.45, 2.75) is 38.8 Å². The first kappa shape index (κ1) is 14.5. The minimum Gasteiger partial charge on any atom is -0.436 e. The molecule has 0 bridgehead atoms. The maximum atomic E-state index is 5.90. The summed E-state index contributed by atoms with van der Waals surface area (Å²) < 4.78 is 5.90. The highest BCUT2D eigenvalue weighted by atomic mass is 16.3. The molecule has 2 aromatic carbocycles. The minimum absolute atomic E-state index is 0.677. The monoisotopic (exact) mass is 306 g/mol. The Hall–Kier alpha value is -2.13. The van der Waals surface area contributed by atoms with Crippen molar-refractivity contribution in [3.63, 3.8) is 0 Å². The molecule has 0 aliphatic carbocycles. The van der Waals surface area contributed by atoms with Crippen LogP contribution in [0, 0.1) is 0 Å². The minimum atomic E-state index is 0.677. The maximum Gasteiger partial charge on any atom is 0.227 e. The van der Waals surface area contributed by atoms with Crippen molar-refractivity contribution in [3.05, 3.63) is 54.1 Å². The van der Waals surface area contributed by atoms with Crippen LogP contribution in [0.2, 0.25) is 0 Å². The van der Waals surface area contributed by atoms with E-state index in [0.717, 1.165) is 23.2 Å². The van der Waals surface area contributed by atoms with Crippen LogP contribution >= 0.6 is 0 Å². The number of benzene rings is 2. The molecule has 23 heavy (non-hydrogen) atoms. The molecule has 4 rings (SSSR count). The molecule has 118 valence electrons. The molecular formula is C20H22N2O. The molecular weight excluding hydrogens is 284 g/mol. The molecule has 0 N–H and O–H groups in total. The van der Waals surface area contributed by atoms with Crippen LogP contribution in [-0.4, -0.2) is 22.5 Å². The van der Waals surface area contributed by atoms with Crippen LogP contribution in [-0.2, 0) is 6.54 Å². The summed E-state index contributed by atoms with van der Waals surface area (Å²) in [4.78, 5) is 7.24. The lowest BCUT2D eigenvalue weighted by Gasteiger charge is -2.33. The first-order valence-corrected chi connectivity index (χ1v) is 8.48. The molecule has 0 amide bonds. The molecule has 3 aromatic rings. The smallest absolute Gasteiger partial charge is 0.227 e. The van der Waals surface area contributed by atoms with Gasteiger partial charge in [0.25, 0.3) is 0 Å². The van der Waals surface area contributed by atoms with Crippen LogP contribution < -0.4 is 0 Å². The normalized spacial score (nSPS) is 19.3. The van der Waals surface area contributed by atoms with E-state index in [4.69, 9.17) is 4.42 Å². The van der Waals surface area contributed by atoms with E-state index >= 15 is 0 Å². The van der Waals surface area contributed by atoms with E-state index in [2.05, 4.69) is 35.0 Å². The fourth-order valence-corrected chi connectivity index (χ4v) is 3.40. The molecule has 2 heterocycles. The third kappa shape index (κ3) is 3.02. The van der Waals surface area contributed by atoms with E-state index in [1.54, 1.807) is 0 Å². The van der Waals surface area contributed by atoms with Crippen molar-refractivity contribution in [1.29, 1.82) is 0 Å². The van der Waals surface area contributed by atoms with Gasteiger partial charge in [0.1, 0.15) is 5.52 Å². The number of aromatic nitrogens is 1. The van der Waals surface area contributed by atoms with Crippen LogP contribution in [0.4, 0.5) is 0 Å². The third-order valence-corrected chi connectivity index (χ3v) is 4.80. The average Bonchev–Trinajstić information content (AvgIpc) is 3.01. The summed E-state index contributed by atoms with van der Waals surface area (Å²) >= 11 is 0. The zero-order chi connectivity index (χ0) is 15.6. The standard InChI is InChI=1S/C20H22N2O/c1-15-7-5-6-12-22(15)14-16-10-11-19-18(13-16)21-20(23-19)17-8-3-2-4-9-17/h2-4,8-11,13,15H,5-7,12,14H2,1H3. The molecule has 1 saturated heterocycles. The molecule has 0 spiro atoms. The number of rotatable bonds is 3. The zero-order valence-corrected chi connectivity index (χ0v) is 13.5. The van der Waals surface area contributed by atoms with E-state index in [0.29, 0.717) is 11.9 Å². The van der Waals surface area contributed by atoms with Gasteiger partial charge in [-0.25, -0.2) is 4.98 Å². The number of hydrogen-bond acceptors (Lipinski definition) is 3. The fourth-order valence-electron chi connectivity index (χ4n) is 3.40. The Morgan fingerprint density at radius 3 is 2.83 bits per heavy atom. The number of fused-ring (bicyclic) bond motifs is 1. The molecule has 3 heteroatoms. The SMILES string of the molecule is CC1CCCCN1Cc1ccc2oc(-c3ccccc3)nc2c1. The summed E-state index contributed by atoms with van der Waals surface area (Å²) in [7, 11) is 0. The lowest BCUT2D eigenvalue weighted by molar-refractivity contribution is 0.152. The van der Waals surface area contributed by atoms with Gasteiger partial charge in [0.15, 0.2) is 5.58 Å². The van der Waals surface area contributed by atoms with Crippen LogP contribution in [0.25, 0.3) is 22.6 Å². The highest BCUT2D eigenvalue weighted by Crippen LogP contribution is 2.26. The van der Waals surface area contributed by atoms with Crippen LogP contribution in [0.3, 0.4) is 0 Å². The van der Waals surface area contributed by atoms with Crippen molar-refractivity contribution in [2.24, 2.45) is 0 Å². The highest BCUT2D eigenvalue weighted by molar-refractivity contribution is 5.76. The topological polar surface area (TPSA) is 29.3 Å². The Labute approximate surface area is 136 Å². The van der Waals surface area contributed by atoms with Crippen molar-refractivity contribution in [1.82, 2.24) is 9.88 Å². The second-order valence-corrected chi connectivity index (χ2v) is 6.50. The third-order valence-electron chi connectivity index (χ3n) is 4.80. The molecule has 1 aliphatic rings. The van der Waals surface area contributed by atoms with E-state index in [9.17, 15) is 0 Å². The lowest BCUT2D eigenvalue weighted by atomic mass is 10.0. The summed E-state index contributed by atoms with van der Waals surface area (Å²) in [6, 6.07) is 17.2. The van der Waals surface area contributed by atoms with Gasteiger partial charge in [-0.1, -0.05) is 30.7 Å². The first-order valence-electron chi connectivity index (χ1n) is 8.48. The van der Waals surface area contributed by atoms with Gasteiger partial charge in [-0.15, -0.1) is 0 Å². The Bertz CT molecular complexity index is 794. The molecule has 0 saturated carbocycles. The first-order chi connectivity index (χ1) is 11.3. The van der Waals surface area contributed by atoms with Crippen LogP contribution in [0.5, 0.6) is 0 Å². The number of likely N-dealkylation sites (tertiary alicyclic amines) is 1. The van der Waals surface area contributed by atoms with E-state index in [1.807, 2.05) is 30.3 Å². The van der Waals surface area contributed by atoms with Gasteiger partial charge in [0.2, 0.25) is 5.89 Å². The number of piperidine rings is 1. The molecule has 3 nitrogen and oxygen atoms in total. The van der Waals surface area contributed by atoms with Crippen LogP contribution in [0.1, 0.15) is 31.7 Å². The molecule has 1 fully saturated rings. The Morgan fingerprint density at radius 2 is 2.00 bits per heavy atom. The summed E-state index contributed by atoms with van der Waals surface area (Å²) in [5.74, 6) is 0.698. The van der Waals surface area contributed by atoms with Gasteiger partial charge in [0, 0.05) is 18.2 Å². The van der Waals surface area contributed by atoms with Gasteiger partial charge in [-0.05, 0) is 56.1 Å². The van der Waals surface area contributed by atoms with Gasteiger partial charge in [-0.2, -0.15) is 0 Å². The van der Waals surface area contributed by atoms with Crippen molar-refractivity contribution in [2.75, 3.05) is 6.54 Å². The number of nitrogens with zero attached hydrogens (tertiary/aromatic N) is 2. The van der Waals surface area contributed by atoms with Crippen molar-refractivity contribution in [3.8, 4) is 11.5 Å². The number of oxazole rings is 1. The summed E-state index contributed by atoms with van der Waals surface area (Å²) in [5, 5.41) is 0. The van der Waals surface area contributed by atoms with Gasteiger partial charge in [-0.3, -0.25) is 4.90 Å². The van der Waals surface area contributed by atoms with E-state index in [1.165, 1.54) is 31.4 Å². The van der Waals surface area contributed by atoms with Gasteiger partial charge in [0.05, 0.1) is 0 Å². The molecule has 1 aliphatic heterocycles. The predicted molar refractivity (Wildman–Crippen MR) is 93.2 cm³/mol. The average molecular weight is 306 g/mol. The second-order valence-electron chi connectivity index (χ2n) is 6.50. The van der Waals surface area contributed by atoms with Crippen LogP contribution in [0.15, 0.2) is 52.9 Å². The quantitative estimate of drug-likeness (QED) is 0.691.